The Morgan fingerprint density at radius 2 is 2.33 bits per heavy atom. The van der Waals surface area contributed by atoms with E-state index in [2.05, 4.69) is 37.8 Å². The van der Waals surface area contributed by atoms with Crippen LogP contribution in [-0.4, -0.2) is 33.7 Å². The summed E-state index contributed by atoms with van der Waals surface area (Å²) in [5.74, 6) is 1.35. The molecule has 5 nitrogen and oxygen atoms in total. The SMILES string of the molecule is CC(N)C1CCN(c2nc3ccc(Br)cn3n2)C1. The quantitative estimate of drug-likeness (QED) is 0.916. The van der Waals surface area contributed by atoms with Crippen LogP contribution in [0.2, 0.25) is 0 Å². The van der Waals surface area contributed by atoms with Crippen molar-refractivity contribution in [2.75, 3.05) is 18.0 Å². The van der Waals surface area contributed by atoms with Gasteiger partial charge in [-0.2, -0.15) is 4.98 Å². The second kappa shape index (κ2) is 4.51. The van der Waals surface area contributed by atoms with Crippen LogP contribution in [0.5, 0.6) is 0 Å². The molecule has 0 spiro atoms. The van der Waals surface area contributed by atoms with Gasteiger partial charge in [-0.25, -0.2) is 4.52 Å². The van der Waals surface area contributed by atoms with E-state index >= 15 is 0 Å². The lowest BCUT2D eigenvalue weighted by Crippen LogP contribution is -2.30. The van der Waals surface area contributed by atoms with Crippen molar-refractivity contribution in [1.29, 1.82) is 0 Å². The third-order valence-corrected chi connectivity index (χ3v) is 4.00. The third-order valence-electron chi connectivity index (χ3n) is 3.53. The van der Waals surface area contributed by atoms with Crippen molar-refractivity contribution in [2.45, 2.75) is 19.4 Å². The second-order valence-electron chi connectivity index (χ2n) is 4.92. The summed E-state index contributed by atoms with van der Waals surface area (Å²) in [7, 11) is 0. The van der Waals surface area contributed by atoms with Gasteiger partial charge in [-0.15, -0.1) is 5.10 Å². The van der Waals surface area contributed by atoms with Gasteiger partial charge in [0.2, 0.25) is 5.95 Å². The molecule has 96 valence electrons. The van der Waals surface area contributed by atoms with Gasteiger partial charge < -0.3 is 10.6 Å². The van der Waals surface area contributed by atoms with E-state index < -0.39 is 0 Å². The zero-order valence-electron chi connectivity index (χ0n) is 10.3. The minimum atomic E-state index is 0.237. The Balaban J connectivity index is 1.87. The molecule has 1 saturated heterocycles. The Morgan fingerprint density at radius 1 is 1.50 bits per heavy atom. The molecule has 3 heterocycles. The van der Waals surface area contributed by atoms with E-state index in [4.69, 9.17) is 5.73 Å². The van der Waals surface area contributed by atoms with Gasteiger partial charge in [0.1, 0.15) is 0 Å². The average Bonchev–Trinajstić information content (AvgIpc) is 2.93. The first kappa shape index (κ1) is 11.9. The van der Waals surface area contributed by atoms with Crippen molar-refractivity contribution in [1.82, 2.24) is 14.6 Å². The zero-order valence-corrected chi connectivity index (χ0v) is 11.8. The zero-order chi connectivity index (χ0) is 12.7. The van der Waals surface area contributed by atoms with Gasteiger partial charge in [0.25, 0.3) is 0 Å². The number of nitrogens with two attached hydrogens (primary N) is 1. The Bertz CT molecular complexity index is 565. The largest absolute Gasteiger partial charge is 0.339 e. The molecular weight excluding hydrogens is 294 g/mol. The fourth-order valence-electron chi connectivity index (χ4n) is 2.38. The van der Waals surface area contributed by atoms with Gasteiger partial charge in [-0.3, -0.25) is 0 Å². The van der Waals surface area contributed by atoms with E-state index in [0.717, 1.165) is 35.6 Å². The number of halogens is 1. The molecule has 0 radical (unpaired) electrons. The van der Waals surface area contributed by atoms with Crippen LogP contribution < -0.4 is 10.6 Å². The maximum atomic E-state index is 5.95. The number of aromatic nitrogens is 3. The van der Waals surface area contributed by atoms with Gasteiger partial charge in [0.05, 0.1) is 0 Å². The van der Waals surface area contributed by atoms with Crippen LogP contribution in [-0.2, 0) is 0 Å². The number of anilines is 1. The van der Waals surface area contributed by atoms with E-state index in [1.165, 1.54) is 0 Å². The summed E-state index contributed by atoms with van der Waals surface area (Å²) < 4.78 is 2.81. The molecule has 0 aromatic carbocycles. The first-order chi connectivity index (χ1) is 8.63. The van der Waals surface area contributed by atoms with E-state index in [1.54, 1.807) is 4.52 Å². The van der Waals surface area contributed by atoms with E-state index in [1.807, 2.05) is 18.3 Å². The molecule has 6 heteroatoms. The third kappa shape index (κ3) is 2.10. The highest BCUT2D eigenvalue weighted by Gasteiger charge is 2.27. The maximum Gasteiger partial charge on any atom is 0.245 e. The predicted molar refractivity (Wildman–Crippen MR) is 74.7 cm³/mol. The summed E-state index contributed by atoms with van der Waals surface area (Å²) in [6.07, 6.45) is 3.04. The molecule has 1 fully saturated rings. The smallest absolute Gasteiger partial charge is 0.245 e. The van der Waals surface area contributed by atoms with E-state index in [0.29, 0.717) is 5.92 Å². The van der Waals surface area contributed by atoms with Crippen LogP contribution in [0.1, 0.15) is 13.3 Å². The summed E-state index contributed by atoms with van der Waals surface area (Å²) in [4.78, 5) is 6.76. The fourth-order valence-corrected chi connectivity index (χ4v) is 2.70. The molecule has 2 unspecified atom stereocenters. The molecular formula is C12H16BrN5. The topological polar surface area (TPSA) is 59.5 Å². The first-order valence-electron chi connectivity index (χ1n) is 6.16. The minimum Gasteiger partial charge on any atom is -0.339 e. The minimum absolute atomic E-state index is 0.237. The average molecular weight is 310 g/mol. The van der Waals surface area contributed by atoms with Crippen molar-refractivity contribution in [3.05, 3.63) is 22.8 Å². The molecule has 1 aliphatic rings. The number of hydrogen-bond acceptors (Lipinski definition) is 4. The molecule has 0 aliphatic carbocycles. The molecule has 2 atom stereocenters. The van der Waals surface area contributed by atoms with Crippen molar-refractivity contribution < 1.29 is 0 Å². The standard InChI is InChI=1S/C12H16BrN5/c1-8(14)9-4-5-17(6-9)12-15-11-3-2-10(13)7-18(11)16-12/h2-3,7-9H,4-6,14H2,1H3. The lowest BCUT2D eigenvalue weighted by Gasteiger charge is -2.15. The highest BCUT2D eigenvalue weighted by molar-refractivity contribution is 9.10. The van der Waals surface area contributed by atoms with Crippen molar-refractivity contribution in [3.8, 4) is 0 Å². The number of pyridine rings is 1. The summed E-state index contributed by atoms with van der Waals surface area (Å²) in [5.41, 5.74) is 6.83. The van der Waals surface area contributed by atoms with Gasteiger partial charge >= 0.3 is 0 Å². The Morgan fingerprint density at radius 3 is 3.06 bits per heavy atom. The van der Waals surface area contributed by atoms with Crippen molar-refractivity contribution >= 4 is 27.5 Å². The summed E-state index contributed by atoms with van der Waals surface area (Å²) in [5, 5.41) is 4.51. The number of hydrogen-bond donors (Lipinski definition) is 1. The van der Waals surface area contributed by atoms with Gasteiger partial charge in [0, 0.05) is 29.8 Å². The highest BCUT2D eigenvalue weighted by Crippen LogP contribution is 2.23. The molecule has 1 aliphatic heterocycles. The predicted octanol–water partition coefficient (Wildman–Crippen LogP) is 1.67. The molecule has 3 rings (SSSR count). The normalized spacial score (nSPS) is 21.7. The monoisotopic (exact) mass is 309 g/mol. The number of fused-ring (bicyclic) bond motifs is 1. The molecule has 2 aromatic rings. The molecule has 0 bridgehead atoms. The van der Waals surface area contributed by atoms with Crippen LogP contribution in [0.4, 0.5) is 5.95 Å². The van der Waals surface area contributed by atoms with E-state index in [-0.39, 0.29) is 6.04 Å². The summed E-state index contributed by atoms with van der Waals surface area (Å²) >= 11 is 3.44. The van der Waals surface area contributed by atoms with Gasteiger partial charge in [0.15, 0.2) is 5.65 Å². The fraction of sp³-hybridized carbons (Fsp3) is 0.500. The van der Waals surface area contributed by atoms with Crippen LogP contribution in [0.25, 0.3) is 5.65 Å². The van der Waals surface area contributed by atoms with Crippen LogP contribution in [0.3, 0.4) is 0 Å². The first-order valence-corrected chi connectivity index (χ1v) is 6.95. The van der Waals surface area contributed by atoms with Gasteiger partial charge in [-0.1, -0.05) is 0 Å². The van der Waals surface area contributed by atoms with Crippen LogP contribution >= 0.6 is 15.9 Å². The number of nitrogens with zero attached hydrogens (tertiary/aromatic N) is 4. The maximum absolute atomic E-state index is 5.95. The Labute approximate surface area is 114 Å². The number of rotatable bonds is 2. The molecule has 18 heavy (non-hydrogen) atoms. The van der Waals surface area contributed by atoms with Crippen LogP contribution in [0, 0.1) is 5.92 Å². The van der Waals surface area contributed by atoms with Gasteiger partial charge in [-0.05, 0) is 47.3 Å². The van der Waals surface area contributed by atoms with Crippen LogP contribution in [0.15, 0.2) is 22.8 Å². The van der Waals surface area contributed by atoms with Crippen molar-refractivity contribution in [3.63, 3.8) is 0 Å². The lowest BCUT2D eigenvalue weighted by atomic mass is 10.0. The lowest BCUT2D eigenvalue weighted by molar-refractivity contribution is 0.487. The van der Waals surface area contributed by atoms with E-state index in [9.17, 15) is 0 Å². The molecule has 2 N–H and O–H groups in total. The second-order valence-corrected chi connectivity index (χ2v) is 5.83. The Kier molecular flexibility index (Phi) is 2.99. The van der Waals surface area contributed by atoms with Crippen molar-refractivity contribution in [2.24, 2.45) is 11.7 Å². The Hall–Kier alpha value is -1.14. The molecule has 0 saturated carbocycles. The summed E-state index contributed by atoms with van der Waals surface area (Å²) in [6, 6.07) is 4.17. The summed E-state index contributed by atoms with van der Waals surface area (Å²) in [6.45, 7) is 4.02. The highest BCUT2D eigenvalue weighted by atomic mass is 79.9. The molecule has 0 amide bonds. The molecule has 2 aromatic heterocycles.